The molecule has 0 atom stereocenters. The molecule has 1 N–H and O–H groups in total. The fourth-order valence-electron chi connectivity index (χ4n) is 2.94. The van der Waals surface area contributed by atoms with Crippen LogP contribution in [-0.4, -0.2) is 10.9 Å². The van der Waals surface area contributed by atoms with Crippen LogP contribution in [0.4, 0.5) is 5.00 Å². The zero-order valence-corrected chi connectivity index (χ0v) is 17.1. The topological polar surface area (TPSA) is 42.0 Å². The van der Waals surface area contributed by atoms with Crippen molar-refractivity contribution in [3.8, 4) is 10.6 Å². The summed E-state index contributed by atoms with van der Waals surface area (Å²) in [6, 6.07) is 14.8. The van der Waals surface area contributed by atoms with Gasteiger partial charge in [-0.3, -0.25) is 4.79 Å². The number of halogens is 2. The summed E-state index contributed by atoms with van der Waals surface area (Å²) in [5, 5.41) is 5.35. The van der Waals surface area contributed by atoms with Crippen LogP contribution in [-0.2, 0) is 0 Å². The molecule has 3 nitrogen and oxygen atoms in total. The van der Waals surface area contributed by atoms with Crippen LogP contribution in [0.25, 0.3) is 16.1 Å². The molecule has 1 aliphatic carbocycles. The highest BCUT2D eigenvalue weighted by Gasteiger charge is 2.19. The quantitative estimate of drug-likeness (QED) is 0.482. The van der Waals surface area contributed by atoms with E-state index in [4.69, 9.17) is 28.2 Å². The van der Waals surface area contributed by atoms with E-state index in [1.165, 1.54) is 11.3 Å². The summed E-state index contributed by atoms with van der Waals surface area (Å²) < 4.78 is 0. The molecule has 0 saturated heterocycles. The van der Waals surface area contributed by atoms with Crippen molar-refractivity contribution < 1.29 is 4.79 Å². The van der Waals surface area contributed by atoms with Crippen LogP contribution in [0.15, 0.2) is 66.8 Å². The average molecular weight is 427 g/mol. The third kappa shape index (κ3) is 4.04. The summed E-state index contributed by atoms with van der Waals surface area (Å²) in [5.74, 6) is -0.286. The highest BCUT2D eigenvalue weighted by atomic mass is 35.5. The number of thiazole rings is 1. The molecule has 0 fully saturated rings. The third-order valence-corrected chi connectivity index (χ3v) is 5.89. The molecule has 0 bridgehead atoms. The van der Waals surface area contributed by atoms with Gasteiger partial charge in [-0.25, -0.2) is 4.98 Å². The van der Waals surface area contributed by atoms with E-state index in [2.05, 4.69) is 23.5 Å². The molecular formula is C22H16Cl2N2OS. The number of benzene rings is 2. The molecule has 2 aromatic carbocycles. The molecular weight excluding hydrogens is 411 g/mol. The average Bonchev–Trinajstić information content (AvgIpc) is 3.13. The van der Waals surface area contributed by atoms with Gasteiger partial charge in [-0.2, -0.15) is 0 Å². The minimum Gasteiger partial charge on any atom is -0.312 e. The van der Waals surface area contributed by atoms with E-state index in [0.717, 1.165) is 34.7 Å². The Balaban J connectivity index is 1.72. The zero-order valence-electron chi connectivity index (χ0n) is 14.8. The molecule has 28 heavy (non-hydrogen) atoms. The molecule has 0 unspecified atom stereocenters. The minimum atomic E-state index is -0.286. The second kappa shape index (κ2) is 8.31. The van der Waals surface area contributed by atoms with Crippen molar-refractivity contribution in [2.24, 2.45) is 0 Å². The lowest BCUT2D eigenvalue weighted by Gasteiger charge is -2.09. The largest absolute Gasteiger partial charge is 0.312 e. The van der Waals surface area contributed by atoms with Gasteiger partial charge in [-0.15, -0.1) is 0 Å². The van der Waals surface area contributed by atoms with Gasteiger partial charge in [0.1, 0.15) is 15.7 Å². The van der Waals surface area contributed by atoms with Gasteiger partial charge in [-0.05, 0) is 36.6 Å². The summed E-state index contributed by atoms with van der Waals surface area (Å²) in [6.45, 7) is 0. The number of nitrogens with zero attached hydrogens (tertiary/aromatic N) is 1. The number of carbonyl (C=O) groups is 1. The van der Waals surface area contributed by atoms with Crippen LogP contribution in [0.5, 0.6) is 0 Å². The van der Waals surface area contributed by atoms with Crippen LogP contribution in [0.3, 0.4) is 0 Å². The highest BCUT2D eigenvalue weighted by molar-refractivity contribution is 7.19. The van der Waals surface area contributed by atoms with Crippen LogP contribution in [0.1, 0.15) is 28.9 Å². The van der Waals surface area contributed by atoms with Crippen molar-refractivity contribution >= 4 is 51.0 Å². The van der Waals surface area contributed by atoms with Crippen LogP contribution < -0.4 is 5.32 Å². The number of hydrogen-bond donors (Lipinski definition) is 1. The Kier molecular flexibility index (Phi) is 5.62. The van der Waals surface area contributed by atoms with Gasteiger partial charge in [0.05, 0.1) is 10.6 Å². The van der Waals surface area contributed by atoms with Crippen LogP contribution in [0, 0.1) is 0 Å². The first-order valence-corrected chi connectivity index (χ1v) is 10.4. The summed E-state index contributed by atoms with van der Waals surface area (Å²) in [4.78, 5) is 17.6. The van der Waals surface area contributed by atoms with Gasteiger partial charge in [-0.1, -0.05) is 83.1 Å². The maximum atomic E-state index is 12.8. The Morgan fingerprint density at radius 3 is 2.61 bits per heavy atom. The summed E-state index contributed by atoms with van der Waals surface area (Å²) in [5.41, 5.74) is 3.18. The first kappa shape index (κ1) is 18.9. The van der Waals surface area contributed by atoms with E-state index in [1.54, 1.807) is 18.2 Å². The number of amides is 1. The van der Waals surface area contributed by atoms with Gasteiger partial charge in [0, 0.05) is 10.6 Å². The second-order valence-corrected chi connectivity index (χ2v) is 8.12. The van der Waals surface area contributed by atoms with Crippen molar-refractivity contribution in [2.75, 3.05) is 5.32 Å². The van der Waals surface area contributed by atoms with E-state index in [1.807, 2.05) is 30.3 Å². The molecule has 3 aromatic rings. The van der Waals surface area contributed by atoms with Gasteiger partial charge in [0.2, 0.25) is 0 Å². The number of aromatic nitrogens is 1. The first-order valence-electron chi connectivity index (χ1n) is 8.81. The third-order valence-electron chi connectivity index (χ3n) is 4.32. The number of nitrogens with one attached hydrogen (secondary N) is 1. The van der Waals surface area contributed by atoms with Crippen molar-refractivity contribution in [3.05, 3.63) is 88.1 Å². The lowest BCUT2D eigenvalue weighted by Crippen LogP contribution is -2.12. The molecule has 6 heteroatoms. The van der Waals surface area contributed by atoms with Gasteiger partial charge in [0.15, 0.2) is 0 Å². The number of hydrogen-bond acceptors (Lipinski definition) is 3. The molecule has 1 amide bonds. The maximum Gasteiger partial charge on any atom is 0.257 e. The smallest absolute Gasteiger partial charge is 0.257 e. The Hall–Kier alpha value is -2.40. The molecule has 1 aliphatic rings. The summed E-state index contributed by atoms with van der Waals surface area (Å²) >= 11 is 13.6. The number of rotatable bonds is 4. The Morgan fingerprint density at radius 2 is 1.89 bits per heavy atom. The van der Waals surface area contributed by atoms with Crippen molar-refractivity contribution in [1.82, 2.24) is 4.98 Å². The standard InChI is InChI=1S/C22H16Cl2N2OS/c23-16-11-12-17(18(24)13-16)20(27)26-22-19(14-7-3-1-4-8-14)25-21(28-22)15-9-5-2-6-10-15/h2-3,5-13H,1,4H2,(H,26,27). The fraction of sp³-hybridized carbons (Fsp3) is 0.0909. The van der Waals surface area contributed by atoms with E-state index >= 15 is 0 Å². The van der Waals surface area contributed by atoms with Gasteiger partial charge >= 0.3 is 0 Å². The predicted octanol–water partition coefficient (Wildman–Crippen LogP) is 7.10. The van der Waals surface area contributed by atoms with Crippen molar-refractivity contribution in [2.45, 2.75) is 12.8 Å². The van der Waals surface area contributed by atoms with Gasteiger partial charge in [0.25, 0.3) is 5.91 Å². The number of anilines is 1. The lowest BCUT2D eigenvalue weighted by molar-refractivity contribution is 0.102. The molecule has 1 heterocycles. The van der Waals surface area contributed by atoms with Crippen molar-refractivity contribution in [3.63, 3.8) is 0 Å². The summed E-state index contributed by atoms with van der Waals surface area (Å²) in [6.07, 6.45) is 8.30. The zero-order chi connectivity index (χ0) is 19.5. The highest BCUT2D eigenvalue weighted by Crippen LogP contribution is 2.37. The number of allylic oxidation sites excluding steroid dienone is 4. The fourth-order valence-corrected chi connectivity index (χ4v) is 4.42. The number of carbonyl (C=O) groups excluding carboxylic acids is 1. The SMILES string of the molecule is O=C(Nc1sc(-c2ccccc2)nc1C1=CCCC=C1)c1ccc(Cl)cc1Cl. The minimum absolute atomic E-state index is 0.286. The Labute approximate surface area is 177 Å². The Morgan fingerprint density at radius 1 is 1.07 bits per heavy atom. The molecule has 0 radical (unpaired) electrons. The monoisotopic (exact) mass is 426 g/mol. The molecule has 1 aromatic heterocycles. The van der Waals surface area contributed by atoms with E-state index < -0.39 is 0 Å². The molecule has 140 valence electrons. The normalized spacial score (nSPS) is 13.3. The van der Waals surface area contributed by atoms with Crippen LogP contribution >= 0.6 is 34.5 Å². The second-order valence-electron chi connectivity index (χ2n) is 6.28. The van der Waals surface area contributed by atoms with Gasteiger partial charge < -0.3 is 5.32 Å². The predicted molar refractivity (Wildman–Crippen MR) is 118 cm³/mol. The first-order chi connectivity index (χ1) is 13.6. The van der Waals surface area contributed by atoms with Crippen LogP contribution in [0.2, 0.25) is 10.0 Å². The molecule has 0 saturated carbocycles. The lowest BCUT2D eigenvalue weighted by atomic mass is 10.0. The maximum absolute atomic E-state index is 12.8. The summed E-state index contributed by atoms with van der Waals surface area (Å²) in [7, 11) is 0. The van der Waals surface area contributed by atoms with E-state index in [9.17, 15) is 4.79 Å². The molecule has 0 aliphatic heterocycles. The van der Waals surface area contributed by atoms with E-state index in [-0.39, 0.29) is 5.91 Å². The van der Waals surface area contributed by atoms with E-state index in [0.29, 0.717) is 20.6 Å². The van der Waals surface area contributed by atoms with Crippen molar-refractivity contribution in [1.29, 1.82) is 0 Å². The molecule has 0 spiro atoms. The molecule has 4 rings (SSSR count). The Bertz CT molecular complexity index is 1090.